The van der Waals surface area contributed by atoms with Crippen molar-refractivity contribution < 1.29 is 9.90 Å². The van der Waals surface area contributed by atoms with Crippen molar-refractivity contribution in [2.24, 2.45) is 0 Å². The van der Waals surface area contributed by atoms with Crippen LogP contribution in [0.25, 0.3) is 5.69 Å². The summed E-state index contributed by atoms with van der Waals surface area (Å²) in [5, 5.41) is 26.1. The molecule has 2 aromatic heterocycles. The molecule has 124 valence electrons. The third-order valence-corrected chi connectivity index (χ3v) is 4.72. The van der Waals surface area contributed by atoms with Crippen LogP contribution in [0.4, 0.5) is 0 Å². The highest BCUT2D eigenvalue weighted by atomic mass is 32.1. The standard InChI is InChI=1S/C16H17N5O2S/c1-16(23,14-3-2-8-24-14)10-17-15(22)9-12-4-6-13(7-5-12)21-11-18-19-20-21/h2-8,11,23H,9-10H2,1H3,(H,17,22). The molecular formula is C16H17N5O2S. The van der Waals surface area contributed by atoms with Crippen LogP contribution >= 0.6 is 11.3 Å². The van der Waals surface area contributed by atoms with E-state index in [-0.39, 0.29) is 18.9 Å². The predicted octanol–water partition coefficient (Wildman–Crippen LogP) is 1.29. The van der Waals surface area contributed by atoms with Gasteiger partial charge in [0.05, 0.1) is 18.7 Å². The van der Waals surface area contributed by atoms with Crippen molar-refractivity contribution in [3.63, 3.8) is 0 Å². The third kappa shape index (κ3) is 3.84. The molecule has 1 atom stereocenters. The van der Waals surface area contributed by atoms with E-state index in [4.69, 9.17) is 0 Å². The second-order valence-corrected chi connectivity index (χ2v) is 6.57. The Morgan fingerprint density at radius 3 is 2.75 bits per heavy atom. The molecule has 0 saturated carbocycles. The van der Waals surface area contributed by atoms with Gasteiger partial charge in [-0.05, 0) is 46.5 Å². The molecule has 1 unspecified atom stereocenters. The summed E-state index contributed by atoms with van der Waals surface area (Å²) in [4.78, 5) is 12.9. The molecule has 0 aliphatic rings. The van der Waals surface area contributed by atoms with E-state index in [1.54, 1.807) is 11.6 Å². The van der Waals surface area contributed by atoms with E-state index in [2.05, 4.69) is 20.8 Å². The Bertz CT molecular complexity index is 783. The van der Waals surface area contributed by atoms with Gasteiger partial charge in [0, 0.05) is 4.88 Å². The van der Waals surface area contributed by atoms with Crippen LogP contribution in [0, 0.1) is 0 Å². The topological polar surface area (TPSA) is 92.9 Å². The number of amides is 1. The molecule has 8 heteroatoms. The third-order valence-electron chi connectivity index (χ3n) is 3.60. The molecule has 3 rings (SSSR count). The first kappa shape index (κ1) is 16.3. The highest BCUT2D eigenvalue weighted by Crippen LogP contribution is 2.24. The van der Waals surface area contributed by atoms with Gasteiger partial charge < -0.3 is 10.4 Å². The Morgan fingerprint density at radius 2 is 2.12 bits per heavy atom. The van der Waals surface area contributed by atoms with Crippen LogP contribution in [-0.4, -0.2) is 37.8 Å². The number of aromatic nitrogens is 4. The fourth-order valence-corrected chi connectivity index (χ4v) is 3.02. The zero-order chi connectivity index (χ0) is 17.0. The fourth-order valence-electron chi connectivity index (χ4n) is 2.24. The fraction of sp³-hybridized carbons (Fsp3) is 0.250. The van der Waals surface area contributed by atoms with Crippen LogP contribution < -0.4 is 5.32 Å². The van der Waals surface area contributed by atoms with Gasteiger partial charge in [0.15, 0.2) is 0 Å². The number of carbonyl (C=O) groups is 1. The molecule has 0 bridgehead atoms. The van der Waals surface area contributed by atoms with E-state index < -0.39 is 5.60 Å². The summed E-state index contributed by atoms with van der Waals surface area (Å²) in [6.07, 6.45) is 1.75. The second kappa shape index (κ2) is 6.90. The maximum Gasteiger partial charge on any atom is 0.224 e. The number of rotatable bonds is 6. The highest BCUT2D eigenvalue weighted by Gasteiger charge is 2.24. The van der Waals surface area contributed by atoms with E-state index in [9.17, 15) is 9.90 Å². The monoisotopic (exact) mass is 343 g/mol. The quantitative estimate of drug-likeness (QED) is 0.703. The molecule has 0 saturated heterocycles. The van der Waals surface area contributed by atoms with Gasteiger partial charge in [0.25, 0.3) is 0 Å². The molecule has 2 N–H and O–H groups in total. The Balaban J connectivity index is 1.55. The van der Waals surface area contributed by atoms with E-state index in [1.807, 2.05) is 41.8 Å². The number of nitrogens with zero attached hydrogens (tertiary/aromatic N) is 4. The Hall–Kier alpha value is -2.58. The molecule has 3 aromatic rings. The zero-order valence-electron chi connectivity index (χ0n) is 13.1. The van der Waals surface area contributed by atoms with E-state index in [0.29, 0.717) is 0 Å². The molecule has 2 heterocycles. The van der Waals surface area contributed by atoms with Gasteiger partial charge in [-0.2, -0.15) is 0 Å². The number of hydrogen-bond acceptors (Lipinski definition) is 6. The normalized spacial score (nSPS) is 13.4. The molecule has 0 aliphatic heterocycles. The van der Waals surface area contributed by atoms with Crippen LogP contribution in [0.3, 0.4) is 0 Å². The molecule has 0 aliphatic carbocycles. The smallest absolute Gasteiger partial charge is 0.224 e. The first-order valence-electron chi connectivity index (χ1n) is 7.40. The van der Waals surface area contributed by atoms with Gasteiger partial charge in [-0.3, -0.25) is 4.79 Å². The minimum absolute atomic E-state index is 0.137. The summed E-state index contributed by atoms with van der Waals surface area (Å²) < 4.78 is 1.54. The lowest BCUT2D eigenvalue weighted by Crippen LogP contribution is -2.38. The Kier molecular flexibility index (Phi) is 4.68. The molecule has 0 fully saturated rings. The van der Waals surface area contributed by atoms with Crippen LogP contribution in [0.1, 0.15) is 17.4 Å². The number of carbonyl (C=O) groups excluding carboxylic acids is 1. The lowest BCUT2D eigenvalue weighted by Gasteiger charge is -2.22. The summed E-state index contributed by atoms with van der Waals surface area (Å²) in [6, 6.07) is 11.1. The van der Waals surface area contributed by atoms with Crippen molar-refractivity contribution in [3.05, 3.63) is 58.5 Å². The largest absolute Gasteiger partial charge is 0.383 e. The van der Waals surface area contributed by atoms with Crippen molar-refractivity contribution in [1.29, 1.82) is 0 Å². The second-order valence-electron chi connectivity index (χ2n) is 5.63. The molecule has 0 radical (unpaired) electrons. The van der Waals surface area contributed by atoms with Crippen LogP contribution in [0.5, 0.6) is 0 Å². The first-order chi connectivity index (χ1) is 11.5. The summed E-state index contributed by atoms with van der Waals surface area (Å²) in [5.74, 6) is -0.137. The van der Waals surface area contributed by atoms with Gasteiger partial charge in [-0.15, -0.1) is 16.4 Å². The van der Waals surface area contributed by atoms with Crippen molar-refractivity contribution in [1.82, 2.24) is 25.5 Å². The average Bonchev–Trinajstić information content (AvgIpc) is 3.27. The lowest BCUT2D eigenvalue weighted by atomic mass is 10.0. The van der Waals surface area contributed by atoms with Gasteiger partial charge in [0.2, 0.25) is 5.91 Å². The van der Waals surface area contributed by atoms with Crippen LogP contribution in [0.2, 0.25) is 0 Å². The molecule has 24 heavy (non-hydrogen) atoms. The number of aliphatic hydroxyl groups is 1. The Labute approximate surface area is 142 Å². The van der Waals surface area contributed by atoms with Gasteiger partial charge in [-0.25, -0.2) is 4.68 Å². The summed E-state index contributed by atoms with van der Waals surface area (Å²) in [7, 11) is 0. The van der Waals surface area contributed by atoms with Gasteiger partial charge in [0.1, 0.15) is 11.9 Å². The maximum atomic E-state index is 12.1. The predicted molar refractivity (Wildman–Crippen MR) is 89.8 cm³/mol. The van der Waals surface area contributed by atoms with Gasteiger partial charge in [-0.1, -0.05) is 18.2 Å². The summed E-state index contributed by atoms with van der Waals surface area (Å²) in [6.45, 7) is 1.87. The minimum Gasteiger partial charge on any atom is -0.383 e. The summed E-state index contributed by atoms with van der Waals surface area (Å²) >= 11 is 1.47. The zero-order valence-corrected chi connectivity index (χ0v) is 13.9. The Morgan fingerprint density at radius 1 is 1.33 bits per heavy atom. The average molecular weight is 343 g/mol. The molecule has 7 nitrogen and oxygen atoms in total. The lowest BCUT2D eigenvalue weighted by molar-refractivity contribution is -0.121. The van der Waals surface area contributed by atoms with Crippen molar-refractivity contribution in [2.75, 3.05) is 6.54 Å². The summed E-state index contributed by atoms with van der Waals surface area (Å²) in [5.41, 5.74) is 0.637. The van der Waals surface area contributed by atoms with Crippen molar-refractivity contribution in [2.45, 2.75) is 18.9 Å². The van der Waals surface area contributed by atoms with Crippen molar-refractivity contribution in [3.8, 4) is 5.69 Å². The maximum absolute atomic E-state index is 12.1. The van der Waals surface area contributed by atoms with Crippen LogP contribution in [-0.2, 0) is 16.8 Å². The number of tetrazole rings is 1. The number of nitrogens with one attached hydrogen (secondary N) is 1. The first-order valence-corrected chi connectivity index (χ1v) is 8.28. The SMILES string of the molecule is CC(O)(CNC(=O)Cc1ccc(-n2cnnn2)cc1)c1cccs1. The molecule has 1 amide bonds. The minimum atomic E-state index is -1.06. The van der Waals surface area contributed by atoms with E-state index >= 15 is 0 Å². The molecule has 0 spiro atoms. The number of hydrogen-bond donors (Lipinski definition) is 2. The van der Waals surface area contributed by atoms with Crippen molar-refractivity contribution >= 4 is 17.2 Å². The number of benzene rings is 1. The molecular weight excluding hydrogens is 326 g/mol. The van der Waals surface area contributed by atoms with E-state index in [0.717, 1.165) is 16.1 Å². The van der Waals surface area contributed by atoms with E-state index in [1.165, 1.54) is 17.7 Å². The highest BCUT2D eigenvalue weighted by molar-refractivity contribution is 7.10. The van der Waals surface area contributed by atoms with Crippen LogP contribution in [0.15, 0.2) is 48.1 Å². The number of thiophene rings is 1. The van der Waals surface area contributed by atoms with Gasteiger partial charge >= 0.3 is 0 Å². The molecule has 1 aromatic carbocycles.